The molecule has 1 aliphatic heterocycles. The lowest BCUT2D eigenvalue weighted by Crippen LogP contribution is -2.33. The van der Waals surface area contributed by atoms with Crippen molar-refractivity contribution >= 4 is 0 Å². The number of para-hydroxylation sites is 1. The fraction of sp³-hybridized carbons (Fsp3) is 0.471. The van der Waals surface area contributed by atoms with Crippen molar-refractivity contribution in [2.75, 3.05) is 33.4 Å². The number of nitrogens with zero attached hydrogens (tertiary/aromatic N) is 3. The number of methoxy groups -OCH3 is 1. The van der Waals surface area contributed by atoms with E-state index < -0.39 is 0 Å². The van der Waals surface area contributed by atoms with E-state index in [2.05, 4.69) is 33.6 Å². The summed E-state index contributed by atoms with van der Waals surface area (Å²) in [6, 6.07) is 10.8. The lowest BCUT2D eigenvalue weighted by Gasteiger charge is -2.15. The van der Waals surface area contributed by atoms with Gasteiger partial charge in [-0.1, -0.05) is 18.2 Å². The molecule has 0 aliphatic carbocycles. The number of rotatable bonds is 7. The van der Waals surface area contributed by atoms with Gasteiger partial charge in [-0.3, -0.25) is 4.90 Å². The van der Waals surface area contributed by atoms with Crippen LogP contribution in [0.4, 0.5) is 0 Å². The molecule has 2 aromatic rings. The summed E-state index contributed by atoms with van der Waals surface area (Å²) in [5, 5.41) is 8.07. The summed E-state index contributed by atoms with van der Waals surface area (Å²) < 4.78 is 7.07. The van der Waals surface area contributed by atoms with Gasteiger partial charge in [0.25, 0.3) is 0 Å². The van der Waals surface area contributed by atoms with E-state index in [1.54, 1.807) is 7.11 Å². The number of benzene rings is 1. The molecular formula is C17H24N4O. The van der Waals surface area contributed by atoms with Crippen molar-refractivity contribution in [1.82, 2.24) is 20.0 Å². The van der Waals surface area contributed by atoms with E-state index in [1.807, 2.05) is 29.1 Å². The highest BCUT2D eigenvalue weighted by atomic mass is 16.5. The molecule has 5 heteroatoms. The monoisotopic (exact) mass is 300 g/mol. The van der Waals surface area contributed by atoms with Gasteiger partial charge in [0.15, 0.2) is 0 Å². The first kappa shape index (κ1) is 15.2. The molecule has 3 rings (SSSR count). The third-order valence-corrected chi connectivity index (χ3v) is 4.14. The zero-order valence-electron chi connectivity index (χ0n) is 13.1. The second kappa shape index (κ2) is 7.54. The van der Waals surface area contributed by atoms with Crippen molar-refractivity contribution in [2.45, 2.75) is 19.0 Å². The van der Waals surface area contributed by atoms with Crippen LogP contribution >= 0.6 is 0 Å². The zero-order chi connectivity index (χ0) is 15.2. The molecule has 1 aromatic carbocycles. The van der Waals surface area contributed by atoms with Gasteiger partial charge in [0.05, 0.1) is 18.5 Å². The van der Waals surface area contributed by atoms with Crippen molar-refractivity contribution in [2.24, 2.45) is 0 Å². The number of hydrogen-bond acceptors (Lipinski definition) is 4. The average molecular weight is 300 g/mol. The predicted molar refractivity (Wildman–Crippen MR) is 87.1 cm³/mol. The molecule has 0 bridgehead atoms. The highest BCUT2D eigenvalue weighted by Crippen LogP contribution is 2.11. The minimum absolute atomic E-state index is 0.567. The van der Waals surface area contributed by atoms with Crippen LogP contribution < -0.4 is 5.32 Å². The summed E-state index contributed by atoms with van der Waals surface area (Å²) in [4.78, 5) is 2.45. The Morgan fingerprint density at radius 1 is 1.32 bits per heavy atom. The van der Waals surface area contributed by atoms with E-state index in [1.165, 1.54) is 12.0 Å². The minimum atomic E-state index is 0.567. The molecule has 0 amide bonds. The second-order valence-corrected chi connectivity index (χ2v) is 5.79. The summed E-state index contributed by atoms with van der Waals surface area (Å²) in [6.45, 7) is 4.98. The van der Waals surface area contributed by atoms with E-state index in [9.17, 15) is 0 Å². The summed E-state index contributed by atoms with van der Waals surface area (Å²) in [7, 11) is 1.76. The molecule has 2 heterocycles. The molecule has 1 aliphatic rings. The summed E-state index contributed by atoms with van der Waals surface area (Å²) >= 11 is 0. The summed E-state index contributed by atoms with van der Waals surface area (Å²) in [5.74, 6) is 0. The van der Waals surface area contributed by atoms with Gasteiger partial charge in [0.1, 0.15) is 0 Å². The highest BCUT2D eigenvalue weighted by molar-refractivity contribution is 5.30. The lowest BCUT2D eigenvalue weighted by molar-refractivity contribution is 0.159. The predicted octanol–water partition coefficient (Wildman–Crippen LogP) is 1.68. The fourth-order valence-corrected chi connectivity index (χ4v) is 2.86. The smallest absolute Gasteiger partial charge is 0.0645 e. The van der Waals surface area contributed by atoms with Crippen LogP contribution in [0.25, 0.3) is 5.69 Å². The Morgan fingerprint density at radius 3 is 3.00 bits per heavy atom. The first-order valence-electron chi connectivity index (χ1n) is 7.89. The quantitative estimate of drug-likeness (QED) is 0.845. The second-order valence-electron chi connectivity index (χ2n) is 5.79. The van der Waals surface area contributed by atoms with E-state index in [-0.39, 0.29) is 0 Å². The molecule has 0 radical (unpaired) electrons. The van der Waals surface area contributed by atoms with Crippen LogP contribution in [-0.2, 0) is 11.3 Å². The molecule has 1 fully saturated rings. The van der Waals surface area contributed by atoms with Gasteiger partial charge >= 0.3 is 0 Å². The van der Waals surface area contributed by atoms with Gasteiger partial charge in [-0.25, -0.2) is 4.68 Å². The minimum Gasteiger partial charge on any atom is -0.383 e. The fourth-order valence-electron chi connectivity index (χ4n) is 2.86. The summed E-state index contributed by atoms with van der Waals surface area (Å²) in [6.07, 6.45) is 5.24. The molecule has 1 aromatic heterocycles. The van der Waals surface area contributed by atoms with Crippen LogP contribution in [0.15, 0.2) is 42.7 Å². The van der Waals surface area contributed by atoms with Gasteiger partial charge in [-0.05, 0) is 25.1 Å². The standard InChI is InChI=1S/C17H24N4O/c1-22-10-9-20-8-7-16(14-20)18-11-15-12-19-21(13-15)17-5-3-2-4-6-17/h2-6,12-13,16,18H,7-11,14H2,1H3/t16-/m0/s1. The topological polar surface area (TPSA) is 42.3 Å². The van der Waals surface area contributed by atoms with Crippen LogP contribution in [0.2, 0.25) is 0 Å². The molecule has 1 saturated heterocycles. The Kier molecular flexibility index (Phi) is 5.21. The molecule has 118 valence electrons. The normalized spacial score (nSPS) is 18.9. The maximum atomic E-state index is 5.14. The molecule has 1 N–H and O–H groups in total. The van der Waals surface area contributed by atoms with Crippen LogP contribution in [0.3, 0.4) is 0 Å². The number of aromatic nitrogens is 2. The molecule has 0 unspecified atom stereocenters. The molecule has 0 spiro atoms. The molecule has 22 heavy (non-hydrogen) atoms. The number of ether oxygens (including phenoxy) is 1. The van der Waals surface area contributed by atoms with Gasteiger partial charge in [0, 0.05) is 44.5 Å². The van der Waals surface area contributed by atoms with Crippen LogP contribution in [0.1, 0.15) is 12.0 Å². The Bertz CT molecular complexity index is 569. The Morgan fingerprint density at radius 2 is 2.18 bits per heavy atom. The maximum absolute atomic E-state index is 5.14. The Labute approximate surface area is 131 Å². The van der Waals surface area contributed by atoms with Crippen molar-refractivity contribution in [1.29, 1.82) is 0 Å². The first-order valence-corrected chi connectivity index (χ1v) is 7.89. The number of likely N-dealkylation sites (tertiary alicyclic amines) is 1. The maximum Gasteiger partial charge on any atom is 0.0645 e. The Balaban J connectivity index is 1.48. The van der Waals surface area contributed by atoms with Crippen molar-refractivity contribution in [3.05, 3.63) is 48.3 Å². The highest BCUT2D eigenvalue weighted by Gasteiger charge is 2.21. The molecule has 1 atom stereocenters. The summed E-state index contributed by atoms with van der Waals surface area (Å²) in [5.41, 5.74) is 2.32. The molecular weight excluding hydrogens is 276 g/mol. The van der Waals surface area contributed by atoms with Crippen molar-refractivity contribution in [3.63, 3.8) is 0 Å². The molecule has 0 saturated carbocycles. The van der Waals surface area contributed by atoms with E-state index in [0.29, 0.717) is 6.04 Å². The third kappa shape index (κ3) is 3.94. The van der Waals surface area contributed by atoms with Crippen molar-refractivity contribution < 1.29 is 4.74 Å². The zero-order valence-corrected chi connectivity index (χ0v) is 13.1. The Hall–Kier alpha value is -1.69. The van der Waals surface area contributed by atoms with Crippen LogP contribution in [-0.4, -0.2) is 54.1 Å². The van der Waals surface area contributed by atoms with E-state index in [4.69, 9.17) is 4.74 Å². The van der Waals surface area contributed by atoms with Gasteiger partial charge in [0.2, 0.25) is 0 Å². The number of nitrogens with one attached hydrogen (secondary N) is 1. The molecule has 5 nitrogen and oxygen atoms in total. The third-order valence-electron chi connectivity index (χ3n) is 4.14. The van der Waals surface area contributed by atoms with Crippen molar-refractivity contribution in [3.8, 4) is 5.69 Å². The lowest BCUT2D eigenvalue weighted by atomic mass is 10.2. The number of hydrogen-bond donors (Lipinski definition) is 1. The van der Waals surface area contributed by atoms with E-state index in [0.717, 1.165) is 38.5 Å². The van der Waals surface area contributed by atoms with Crippen LogP contribution in [0, 0.1) is 0 Å². The largest absolute Gasteiger partial charge is 0.383 e. The SMILES string of the molecule is COCCN1CC[C@H](NCc2cnn(-c3ccccc3)c2)C1. The van der Waals surface area contributed by atoms with Gasteiger partial charge in [-0.2, -0.15) is 5.10 Å². The van der Waals surface area contributed by atoms with Gasteiger partial charge in [-0.15, -0.1) is 0 Å². The average Bonchev–Trinajstić information content (AvgIpc) is 3.21. The van der Waals surface area contributed by atoms with Gasteiger partial charge < -0.3 is 10.1 Å². The first-order chi connectivity index (χ1) is 10.8. The van der Waals surface area contributed by atoms with E-state index >= 15 is 0 Å². The van der Waals surface area contributed by atoms with Crippen LogP contribution in [0.5, 0.6) is 0 Å².